The summed E-state index contributed by atoms with van der Waals surface area (Å²) < 4.78 is 5.37. The van der Waals surface area contributed by atoms with E-state index < -0.39 is 17.1 Å². The summed E-state index contributed by atoms with van der Waals surface area (Å²) in [5, 5.41) is 11.1. The van der Waals surface area contributed by atoms with E-state index in [2.05, 4.69) is 20.9 Å². The van der Waals surface area contributed by atoms with E-state index in [1.165, 1.54) is 35.4 Å². The fraction of sp³-hybridized carbons (Fsp3) is 0.0270. The van der Waals surface area contributed by atoms with Gasteiger partial charge in [0.2, 0.25) is 5.91 Å². The Morgan fingerprint density at radius 1 is 0.837 bits per heavy atom. The molecule has 1 unspecified atom stereocenters. The van der Waals surface area contributed by atoms with Crippen LogP contribution in [0.1, 0.15) is 26.9 Å². The van der Waals surface area contributed by atoms with Crippen molar-refractivity contribution in [3.8, 4) is 11.3 Å². The molecule has 0 spiro atoms. The molecule has 0 aliphatic heterocycles. The Hall–Kier alpha value is -5.13. The minimum absolute atomic E-state index is 0.00625. The molecule has 3 N–H and O–H groups in total. The zero-order valence-electron chi connectivity index (χ0n) is 25.4. The zero-order valence-corrected chi connectivity index (χ0v) is 28.6. The van der Waals surface area contributed by atoms with Crippen LogP contribution in [0.2, 0.25) is 10.0 Å². The quantitative estimate of drug-likeness (QED) is 0.0906. The third-order valence-electron chi connectivity index (χ3n) is 7.01. The molecule has 244 valence electrons. The maximum atomic E-state index is 13.7. The van der Waals surface area contributed by atoms with Gasteiger partial charge >= 0.3 is 0 Å². The molecule has 0 aliphatic rings. The number of amides is 3. The lowest BCUT2D eigenvalue weighted by Crippen LogP contribution is -2.30. The molecule has 0 aliphatic carbocycles. The van der Waals surface area contributed by atoms with E-state index in [-0.39, 0.29) is 11.6 Å². The SMILES string of the molecule is O=C(Nc1ccc(SC(C(=O)Nc2nc(-c3ccc(Cl)cc3Cl)cs2)c2ccccc2)cc1)/C(=C/c1ccco1)NC(=O)c1ccccc1. The molecule has 6 rings (SSSR count). The van der Waals surface area contributed by atoms with Gasteiger partial charge in [-0.15, -0.1) is 23.1 Å². The van der Waals surface area contributed by atoms with Crippen molar-refractivity contribution >= 4 is 80.9 Å². The van der Waals surface area contributed by atoms with Gasteiger partial charge in [-0.3, -0.25) is 14.4 Å². The third kappa shape index (κ3) is 8.87. The average molecular weight is 726 g/mol. The molecular formula is C37H26Cl2N4O4S2. The second kappa shape index (κ2) is 15.8. The lowest BCUT2D eigenvalue weighted by atomic mass is 10.1. The van der Waals surface area contributed by atoms with Crippen LogP contribution in [0.25, 0.3) is 17.3 Å². The van der Waals surface area contributed by atoms with Gasteiger partial charge in [0.25, 0.3) is 11.8 Å². The molecule has 8 nitrogen and oxygen atoms in total. The van der Waals surface area contributed by atoms with Crippen LogP contribution in [-0.4, -0.2) is 22.7 Å². The zero-order chi connectivity index (χ0) is 34.2. The second-order valence-electron chi connectivity index (χ2n) is 10.4. The van der Waals surface area contributed by atoms with Crippen molar-refractivity contribution in [1.82, 2.24) is 10.3 Å². The molecule has 3 amide bonds. The van der Waals surface area contributed by atoms with E-state index in [1.807, 2.05) is 47.8 Å². The van der Waals surface area contributed by atoms with Crippen molar-refractivity contribution in [1.29, 1.82) is 0 Å². The van der Waals surface area contributed by atoms with E-state index in [4.69, 9.17) is 27.6 Å². The summed E-state index contributed by atoms with van der Waals surface area (Å²) in [6.45, 7) is 0. The number of hydrogen-bond acceptors (Lipinski definition) is 7. The molecule has 0 saturated heterocycles. The fourth-order valence-electron chi connectivity index (χ4n) is 4.63. The number of rotatable bonds is 11. The fourth-order valence-corrected chi connectivity index (χ4v) is 6.88. The molecule has 49 heavy (non-hydrogen) atoms. The predicted molar refractivity (Wildman–Crippen MR) is 197 cm³/mol. The largest absolute Gasteiger partial charge is 0.465 e. The summed E-state index contributed by atoms with van der Waals surface area (Å²) in [7, 11) is 0. The number of nitrogens with one attached hydrogen (secondary N) is 3. The van der Waals surface area contributed by atoms with Gasteiger partial charge in [0.15, 0.2) is 5.13 Å². The molecule has 0 saturated carbocycles. The topological polar surface area (TPSA) is 113 Å². The number of thioether (sulfide) groups is 1. The first kappa shape index (κ1) is 33.8. The minimum atomic E-state index is -0.607. The first-order valence-corrected chi connectivity index (χ1v) is 17.3. The third-order valence-corrected chi connectivity index (χ3v) is 9.58. The number of thiazole rings is 1. The molecule has 6 aromatic rings. The summed E-state index contributed by atoms with van der Waals surface area (Å²) in [5.74, 6) is -0.824. The lowest BCUT2D eigenvalue weighted by molar-refractivity contribution is -0.116. The van der Waals surface area contributed by atoms with Gasteiger partial charge in [0.05, 0.1) is 17.0 Å². The molecule has 0 bridgehead atoms. The maximum Gasteiger partial charge on any atom is 0.272 e. The molecule has 0 radical (unpaired) electrons. The van der Waals surface area contributed by atoms with E-state index in [9.17, 15) is 14.4 Å². The number of halogens is 2. The number of hydrogen-bond donors (Lipinski definition) is 3. The van der Waals surface area contributed by atoms with Crippen LogP contribution >= 0.6 is 46.3 Å². The molecule has 12 heteroatoms. The summed E-state index contributed by atoms with van der Waals surface area (Å²) in [6, 6.07) is 33.6. The number of aromatic nitrogens is 1. The summed E-state index contributed by atoms with van der Waals surface area (Å²) in [6.07, 6.45) is 2.93. The van der Waals surface area contributed by atoms with E-state index >= 15 is 0 Å². The Kier molecular flexibility index (Phi) is 10.9. The highest BCUT2D eigenvalue weighted by Crippen LogP contribution is 2.38. The Bertz CT molecular complexity index is 2100. The highest BCUT2D eigenvalue weighted by molar-refractivity contribution is 8.00. The summed E-state index contributed by atoms with van der Waals surface area (Å²) >= 11 is 15.1. The molecule has 2 heterocycles. The Morgan fingerprint density at radius 3 is 2.27 bits per heavy atom. The highest BCUT2D eigenvalue weighted by atomic mass is 35.5. The number of anilines is 2. The van der Waals surface area contributed by atoms with Crippen molar-refractivity contribution in [3.05, 3.63) is 160 Å². The smallest absolute Gasteiger partial charge is 0.272 e. The Morgan fingerprint density at radius 2 is 1.57 bits per heavy atom. The summed E-state index contributed by atoms with van der Waals surface area (Å²) in [5.41, 5.74) is 3.05. The summed E-state index contributed by atoms with van der Waals surface area (Å²) in [4.78, 5) is 45.2. The minimum Gasteiger partial charge on any atom is -0.465 e. The van der Waals surface area contributed by atoms with Gasteiger partial charge in [0.1, 0.15) is 16.7 Å². The monoisotopic (exact) mass is 724 g/mol. The van der Waals surface area contributed by atoms with Gasteiger partial charge in [0, 0.05) is 38.2 Å². The lowest BCUT2D eigenvalue weighted by Gasteiger charge is -2.17. The molecule has 2 aromatic heterocycles. The standard InChI is InChI=1S/C37H26Cl2N4O4S2/c38-25-13-18-29(30(39)20-25)32-22-48-37(42-32)43-36(46)33(23-8-3-1-4-9-23)49-28-16-14-26(15-17-28)40-35(45)31(21-27-12-7-19-47-27)41-34(44)24-10-5-2-6-11-24/h1-22,33H,(H,40,45)(H,41,44)(H,42,43,46)/b31-21-. The van der Waals surface area contributed by atoms with Crippen molar-refractivity contribution < 1.29 is 18.8 Å². The van der Waals surface area contributed by atoms with E-state index in [0.29, 0.717) is 43.4 Å². The normalized spacial score (nSPS) is 11.8. The van der Waals surface area contributed by atoms with Crippen LogP contribution in [0.5, 0.6) is 0 Å². The number of carbonyl (C=O) groups excluding carboxylic acids is 3. The van der Waals surface area contributed by atoms with Crippen LogP contribution in [-0.2, 0) is 9.59 Å². The van der Waals surface area contributed by atoms with Gasteiger partial charge in [-0.1, -0.05) is 71.7 Å². The average Bonchev–Trinajstić information content (AvgIpc) is 3.81. The van der Waals surface area contributed by atoms with E-state index in [1.54, 1.807) is 72.8 Å². The molecule has 0 fully saturated rings. The Balaban J connectivity index is 1.16. The molecular weight excluding hydrogens is 699 g/mol. The van der Waals surface area contributed by atoms with Gasteiger partial charge in [-0.05, 0) is 72.3 Å². The number of benzene rings is 4. The van der Waals surface area contributed by atoms with Crippen LogP contribution in [0.3, 0.4) is 0 Å². The first-order chi connectivity index (χ1) is 23.8. The van der Waals surface area contributed by atoms with Gasteiger partial charge in [-0.2, -0.15) is 0 Å². The van der Waals surface area contributed by atoms with Crippen molar-refractivity contribution in [3.63, 3.8) is 0 Å². The second-order valence-corrected chi connectivity index (χ2v) is 13.3. The van der Waals surface area contributed by atoms with Crippen LogP contribution in [0.4, 0.5) is 10.8 Å². The maximum absolute atomic E-state index is 13.7. The number of carbonyl (C=O) groups is 3. The Labute approximate surface area is 300 Å². The number of nitrogens with zero attached hydrogens (tertiary/aromatic N) is 1. The predicted octanol–water partition coefficient (Wildman–Crippen LogP) is 9.59. The van der Waals surface area contributed by atoms with Crippen molar-refractivity contribution in [2.24, 2.45) is 0 Å². The molecule has 4 aromatic carbocycles. The van der Waals surface area contributed by atoms with Crippen molar-refractivity contribution in [2.75, 3.05) is 10.6 Å². The molecule has 1 atom stereocenters. The van der Waals surface area contributed by atoms with Crippen LogP contribution in [0, 0.1) is 0 Å². The van der Waals surface area contributed by atoms with Gasteiger partial charge < -0.3 is 20.4 Å². The van der Waals surface area contributed by atoms with Crippen LogP contribution in [0.15, 0.2) is 142 Å². The number of furan rings is 1. The first-order valence-electron chi connectivity index (χ1n) is 14.8. The van der Waals surface area contributed by atoms with Gasteiger partial charge in [-0.25, -0.2) is 4.98 Å². The van der Waals surface area contributed by atoms with Crippen molar-refractivity contribution in [2.45, 2.75) is 10.1 Å². The highest BCUT2D eigenvalue weighted by Gasteiger charge is 2.24. The van der Waals surface area contributed by atoms with Crippen LogP contribution < -0.4 is 16.0 Å². The van der Waals surface area contributed by atoms with E-state index in [0.717, 1.165) is 10.5 Å².